The maximum absolute atomic E-state index is 12.3. The fourth-order valence-corrected chi connectivity index (χ4v) is 2.51. The van der Waals surface area contributed by atoms with Crippen LogP contribution in [0.2, 0.25) is 0 Å². The van der Waals surface area contributed by atoms with Gasteiger partial charge >= 0.3 is 0 Å². The van der Waals surface area contributed by atoms with E-state index in [1.54, 1.807) is 6.07 Å². The van der Waals surface area contributed by atoms with Crippen LogP contribution in [0.5, 0.6) is 5.75 Å². The summed E-state index contributed by atoms with van der Waals surface area (Å²) in [5.41, 5.74) is 0.661. The summed E-state index contributed by atoms with van der Waals surface area (Å²) in [5.74, 6) is 0.727. The van der Waals surface area contributed by atoms with Crippen LogP contribution in [0.3, 0.4) is 0 Å². The second kappa shape index (κ2) is 6.75. The third-order valence-corrected chi connectivity index (χ3v) is 3.43. The Bertz CT molecular complexity index is 460. The van der Waals surface area contributed by atoms with Crippen molar-refractivity contribution in [1.82, 2.24) is 10.6 Å². The van der Waals surface area contributed by atoms with E-state index < -0.39 is 0 Å². The molecule has 0 aromatic heterocycles. The molecule has 1 heterocycles. The lowest BCUT2D eigenvalue weighted by molar-refractivity contribution is 0.0925. The van der Waals surface area contributed by atoms with Crippen LogP contribution in [0.25, 0.3) is 0 Å². The number of rotatable bonds is 4. The molecule has 4 heteroatoms. The number of hydrogen-bond donors (Lipinski definition) is 2. The molecule has 1 aliphatic heterocycles. The molecule has 1 fully saturated rings. The van der Waals surface area contributed by atoms with Crippen molar-refractivity contribution in [3.05, 3.63) is 29.8 Å². The van der Waals surface area contributed by atoms with E-state index in [-0.39, 0.29) is 18.1 Å². The van der Waals surface area contributed by atoms with Crippen molar-refractivity contribution in [1.29, 1.82) is 0 Å². The summed E-state index contributed by atoms with van der Waals surface area (Å²) in [6.45, 7) is 7.06. The average molecular weight is 276 g/mol. The highest BCUT2D eigenvalue weighted by Crippen LogP contribution is 2.16. The number of ether oxygens (including phenoxy) is 1. The number of piperidine rings is 1. The van der Waals surface area contributed by atoms with Crippen molar-refractivity contribution >= 4 is 5.91 Å². The highest BCUT2D eigenvalue weighted by molar-refractivity contribution is 5.94. The molecule has 0 saturated carbocycles. The third-order valence-electron chi connectivity index (χ3n) is 3.43. The molecule has 0 aliphatic carbocycles. The first-order valence-electron chi connectivity index (χ1n) is 7.35. The first-order valence-corrected chi connectivity index (χ1v) is 7.35. The van der Waals surface area contributed by atoms with Crippen LogP contribution in [0.1, 0.15) is 44.0 Å². The molecule has 1 saturated heterocycles. The standard InChI is InChI=1S/C16H24N2O2/c1-11(2)20-15-6-4-5-13(10-15)16(19)18-14-7-8-17-12(3)9-14/h4-6,10-12,14,17H,7-9H2,1-3H3,(H,18,19). The zero-order chi connectivity index (χ0) is 14.5. The number of hydrogen-bond acceptors (Lipinski definition) is 3. The molecule has 0 spiro atoms. The summed E-state index contributed by atoms with van der Waals surface area (Å²) in [4.78, 5) is 12.3. The van der Waals surface area contributed by atoms with Crippen LogP contribution in [-0.4, -0.2) is 30.6 Å². The molecule has 110 valence electrons. The molecular weight excluding hydrogens is 252 g/mol. The molecule has 2 atom stereocenters. The summed E-state index contributed by atoms with van der Waals surface area (Å²) >= 11 is 0. The molecule has 0 bridgehead atoms. The van der Waals surface area contributed by atoms with Gasteiger partial charge in [0.05, 0.1) is 6.10 Å². The average Bonchev–Trinajstić information content (AvgIpc) is 2.38. The largest absolute Gasteiger partial charge is 0.491 e. The Balaban J connectivity index is 1.98. The van der Waals surface area contributed by atoms with Crippen LogP contribution >= 0.6 is 0 Å². The van der Waals surface area contributed by atoms with Gasteiger partial charge in [-0.25, -0.2) is 0 Å². The highest BCUT2D eigenvalue weighted by atomic mass is 16.5. The molecule has 1 aromatic rings. The number of benzene rings is 1. The molecule has 2 N–H and O–H groups in total. The fourth-order valence-electron chi connectivity index (χ4n) is 2.51. The van der Waals surface area contributed by atoms with E-state index in [1.165, 1.54) is 0 Å². The molecule has 20 heavy (non-hydrogen) atoms. The van der Waals surface area contributed by atoms with Crippen LogP contribution in [-0.2, 0) is 0 Å². The number of nitrogens with one attached hydrogen (secondary N) is 2. The summed E-state index contributed by atoms with van der Waals surface area (Å²) in [7, 11) is 0. The SMILES string of the molecule is CC1CC(NC(=O)c2cccc(OC(C)C)c2)CCN1. The predicted molar refractivity (Wildman–Crippen MR) is 80.2 cm³/mol. The highest BCUT2D eigenvalue weighted by Gasteiger charge is 2.20. The number of amides is 1. The second-order valence-corrected chi connectivity index (χ2v) is 5.74. The predicted octanol–water partition coefficient (Wildman–Crippen LogP) is 2.34. The van der Waals surface area contributed by atoms with Crippen molar-refractivity contribution in [3.8, 4) is 5.75 Å². The molecule has 1 aliphatic rings. The zero-order valence-corrected chi connectivity index (χ0v) is 12.5. The van der Waals surface area contributed by atoms with Gasteiger partial charge in [0.25, 0.3) is 5.91 Å². The van der Waals surface area contributed by atoms with Gasteiger partial charge < -0.3 is 15.4 Å². The molecule has 1 aromatic carbocycles. The van der Waals surface area contributed by atoms with Crippen molar-refractivity contribution in [2.75, 3.05) is 6.54 Å². The van der Waals surface area contributed by atoms with Crippen LogP contribution in [0.15, 0.2) is 24.3 Å². The molecule has 1 amide bonds. The first-order chi connectivity index (χ1) is 9.54. The van der Waals surface area contributed by atoms with Gasteiger partial charge in [-0.2, -0.15) is 0 Å². The van der Waals surface area contributed by atoms with Crippen molar-refractivity contribution in [3.63, 3.8) is 0 Å². The first kappa shape index (κ1) is 14.9. The van der Waals surface area contributed by atoms with Crippen molar-refractivity contribution in [2.24, 2.45) is 0 Å². The Morgan fingerprint density at radius 3 is 2.95 bits per heavy atom. The quantitative estimate of drug-likeness (QED) is 0.887. The Morgan fingerprint density at radius 1 is 1.45 bits per heavy atom. The smallest absolute Gasteiger partial charge is 0.251 e. The molecule has 0 radical (unpaired) electrons. The van der Waals surface area contributed by atoms with Gasteiger partial charge in [0.2, 0.25) is 0 Å². The lowest BCUT2D eigenvalue weighted by atomic mass is 10.0. The van der Waals surface area contributed by atoms with Crippen LogP contribution < -0.4 is 15.4 Å². The minimum absolute atomic E-state index is 0.0155. The number of carbonyl (C=O) groups excluding carboxylic acids is 1. The van der Waals surface area contributed by atoms with E-state index in [2.05, 4.69) is 17.6 Å². The third kappa shape index (κ3) is 4.23. The fraction of sp³-hybridized carbons (Fsp3) is 0.562. The Morgan fingerprint density at radius 2 is 2.25 bits per heavy atom. The van der Waals surface area contributed by atoms with Crippen LogP contribution in [0, 0.1) is 0 Å². The van der Waals surface area contributed by atoms with Gasteiger partial charge in [-0.3, -0.25) is 4.79 Å². The molecule has 2 unspecified atom stereocenters. The van der Waals surface area contributed by atoms with Gasteiger partial charge in [0.15, 0.2) is 0 Å². The van der Waals surface area contributed by atoms with E-state index >= 15 is 0 Å². The summed E-state index contributed by atoms with van der Waals surface area (Å²) < 4.78 is 5.62. The lowest BCUT2D eigenvalue weighted by Crippen LogP contribution is -2.46. The van der Waals surface area contributed by atoms with E-state index in [1.807, 2.05) is 32.0 Å². The normalized spacial score (nSPS) is 22.6. The maximum atomic E-state index is 12.3. The van der Waals surface area contributed by atoms with E-state index in [0.717, 1.165) is 25.1 Å². The van der Waals surface area contributed by atoms with Crippen molar-refractivity contribution in [2.45, 2.75) is 51.8 Å². The Hall–Kier alpha value is -1.55. The minimum atomic E-state index is -0.0155. The van der Waals surface area contributed by atoms with E-state index in [0.29, 0.717) is 11.6 Å². The van der Waals surface area contributed by atoms with Gasteiger partial charge in [-0.1, -0.05) is 6.07 Å². The molecule has 4 nitrogen and oxygen atoms in total. The maximum Gasteiger partial charge on any atom is 0.251 e. The second-order valence-electron chi connectivity index (χ2n) is 5.74. The minimum Gasteiger partial charge on any atom is -0.491 e. The zero-order valence-electron chi connectivity index (χ0n) is 12.5. The lowest BCUT2D eigenvalue weighted by Gasteiger charge is -2.28. The monoisotopic (exact) mass is 276 g/mol. The van der Waals surface area contributed by atoms with Gasteiger partial charge in [0.1, 0.15) is 5.75 Å². The topological polar surface area (TPSA) is 50.4 Å². The molecular formula is C16H24N2O2. The van der Waals surface area contributed by atoms with Crippen molar-refractivity contribution < 1.29 is 9.53 Å². The van der Waals surface area contributed by atoms with Gasteiger partial charge in [-0.05, 0) is 58.4 Å². The van der Waals surface area contributed by atoms with Gasteiger partial charge in [0, 0.05) is 17.6 Å². The number of carbonyl (C=O) groups is 1. The molecule has 2 rings (SSSR count). The van der Waals surface area contributed by atoms with E-state index in [9.17, 15) is 4.79 Å². The van der Waals surface area contributed by atoms with Gasteiger partial charge in [-0.15, -0.1) is 0 Å². The summed E-state index contributed by atoms with van der Waals surface area (Å²) in [5, 5.41) is 6.50. The summed E-state index contributed by atoms with van der Waals surface area (Å²) in [6, 6.07) is 8.09. The Labute approximate surface area is 120 Å². The summed E-state index contributed by atoms with van der Waals surface area (Å²) in [6.07, 6.45) is 2.07. The Kier molecular flexibility index (Phi) is 5.01. The van der Waals surface area contributed by atoms with Crippen LogP contribution in [0.4, 0.5) is 0 Å². The van der Waals surface area contributed by atoms with E-state index in [4.69, 9.17) is 4.74 Å².